The number of nitrogens with zero attached hydrogens (tertiary/aromatic N) is 1. The maximum absolute atomic E-state index is 13.3. The molecule has 0 saturated carbocycles. The normalized spacial score (nSPS) is 12.0. The van der Waals surface area contributed by atoms with Crippen molar-refractivity contribution in [2.24, 2.45) is 0 Å². The first kappa shape index (κ1) is 18.8. The van der Waals surface area contributed by atoms with Gasteiger partial charge in [-0.2, -0.15) is 0 Å². The molecule has 0 radical (unpaired) electrons. The SMILES string of the molecule is C=CC/C=C(/C(=C)NCc1ccc(F)c(C)c1)N(C)/C(C)=C\C. The van der Waals surface area contributed by atoms with Crippen molar-refractivity contribution in [2.45, 2.75) is 33.7 Å². The zero-order valence-corrected chi connectivity index (χ0v) is 14.6. The summed E-state index contributed by atoms with van der Waals surface area (Å²) in [4.78, 5) is 2.09. The lowest BCUT2D eigenvalue weighted by Gasteiger charge is -2.26. The van der Waals surface area contributed by atoms with Crippen molar-refractivity contribution in [3.05, 3.63) is 83.6 Å². The first-order chi connectivity index (χ1) is 10.9. The van der Waals surface area contributed by atoms with Gasteiger partial charge < -0.3 is 10.2 Å². The first-order valence-corrected chi connectivity index (χ1v) is 7.76. The van der Waals surface area contributed by atoms with Crippen molar-refractivity contribution in [1.29, 1.82) is 0 Å². The minimum atomic E-state index is -0.178. The fourth-order valence-corrected chi connectivity index (χ4v) is 2.16. The minimum absolute atomic E-state index is 0.178. The standard InChI is InChI=1S/C20H27FN2/c1-7-9-10-20(23(6)16(4)8-2)17(5)22-14-18-11-12-19(21)15(3)13-18/h7-8,10-13,22H,1,5,9,14H2,2-4,6H3/b16-8-,20-10-. The summed E-state index contributed by atoms with van der Waals surface area (Å²) in [5.41, 5.74) is 4.66. The molecule has 0 spiro atoms. The van der Waals surface area contributed by atoms with Crippen molar-refractivity contribution in [3.8, 4) is 0 Å². The van der Waals surface area contributed by atoms with Crippen molar-refractivity contribution in [3.63, 3.8) is 0 Å². The molecule has 124 valence electrons. The molecule has 2 nitrogen and oxygen atoms in total. The van der Waals surface area contributed by atoms with E-state index in [-0.39, 0.29) is 5.82 Å². The Labute approximate surface area is 139 Å². The summed E-state index contributed by atoms with van der Waals surface area (Å²) in [6.07, 6.45) is 6.77. The molecule has 1 aromatic rings. The van der Waals surface area contributed by atoms with E-state index in [1.807, 2.05) is 26.1 Å². The number of likely N-dealkylation sites (N-methyl/N-ethyl adjacent to an activating group) is 1. The summed E-state index contributed by atoms with van der Waals surface area (Å²) in [6, 6.07) is 5.14. The van der Waals surface area contributed by atoms with Gasteiger partial charge in [0.1, 0.15) is 5.82 Å². The van der Waals surface area contributed by atoms with E-state index in [0.29, 0.717) is 12.1 Å². The van der Waals surface area contributed by atoms with E-state index in [1.54, 1.807) is 13.0 Å². The molecule has 1 rings (SSSR count). The van der Waals surface area contributed by atoms with Crippen molar-refractivity contribution >= 4 is 0 Å². The molecule has 3 heteroatoms. The Morgan fingerprint density at radius 1 is 1.39 bits per heavy atom. The fraction of sp³-hybridized carbons (Fsp3) is 0.300. The van der Waals surface area contributed by atoms with E-state index in [0.717, 1.165) is 29.1 Å². The van der Waals surface area contributed by atoms with E-state index in [9.17, 15) is 4.39 Å². The van der Waals surface area contributed by atoms with Gasteiger partial charge in [-0.15, -0.1) is 6.58 Å². The van der Waals surface area contributed by atoms with Crippen LogP contribution in [0.5, 0.6) is 0 Å². The third-order valence-electron chi connectivity index (χ3n) is 3.82. The topological polar surface area (TPSA) is 15.3 Å². The summed E-state index contributed by atoms with van der Waals surface area (Å²) in [6.45, 7) is 14.3. The second kappa shape index (κ2) is 8.99. The molecule has 1 N–H and O–H groups in total. The Kier molecular flexibility index (Phi) is 7.33. The van der Waals surface area contributed by atoms with Gasteiger partial charge in [-0.3, -0.25) is 0 Å². The van der Waals surface area contributed by atoms with Crippen LogP contribution in [0.2, 0.25) is 0 Å². The van der Waals surface area contributed by atoms with Gasteiger partial charge >= 0.3 is 0 Å². The average molecular weight is 314 g/mol. The molecule has 0 heterocycles. The van der Waals surface area contributed by atoms with E-state index >= 15 is 0 Å². The van der Waals surface area contributed by atoms with Crippen LogP contribution in [0.4, 0.5) is 4.39 Å². The molecule has 0 aliphatic rings. The van der Waals surface area contributed by atoms with Gasteiger partial charge in [-0.1, -0.05) is 36.9 Å². The van der Waals surface area contributed by atoms with Gasteiger partial charge in [-0.25, -0.2) is 4.39 Å². The van der Waals surface area contributed by atoms with E-state index in [2.05, 4.69) is 42.5 Å². The van der Waals surface area contributed by atoms with Gasteiger partial charge in [-0.05, 0) is 44.4 Å². The maximum Gasteiger partial charge on any atom is 0.126 e. The predicted octanol–water partition coefficient (Wildman–Crippen LogP) is 5.05. The van der Waals surface area contributed by atoms with E-state index in [4.69, 9.17) is 0 Å². The molecule has 0 bridgehead atoms. The Morgan fingerprint density at radius 3 is 2.65 bits per heavy atom. The third kappa shape index (κ3) is 5.44. The van der Waals surface area contributed by atoms with Crippen molar-refractivity contribution in [2.75, 3.05) is 7.05 Å². The number of rotatable bonds is 8. The Bertz CT molecular complexity index is 627. The fourth-order valence-electron chi connectivity index (χ4n) is 2.16. The zero-order valence-electron chi connectivity index (χ0n) is 14.6. The summed E-state index contributed by atoms with van der Waals surface area (Å²) in [5, 5.41) is 3.33. The highest BCUT2D eigenvalue weighted by atomic mass is 19.1. The van der Waals surface area contributed by atoms with Crippen molar-refractivity contribution < 1.29 is 4.39 Å². The smallest absolute Gasteiger partial charge is 0.126 e. The number of benzene rings is 1. The first-order valence-electron chi connectivity index (χ1n) is 7.76. The third-order valence-corrected chi connectivity index (χ3v) is 3.82. The van der Waals surface area contributed by atoms with Gasteiger partial charge in [0.15, 0.2) is 0 Å². The summed E-state index contributed by atoms with van der Waals surface area (Å²) in [7, 11) is 2.01. The van der Waals surface area contributed by atoms with Gasteiger partial charge in [0, 0.05) is 19.3 Å². The predicted molar refractivity (Wildman–Crippen MR) is 97.2 cm³/mol. The van der Waals surface area contributed by atoms with Gasteiger partial charge in [0.25, 0.3) is 0 Å². The van der Waals surface area contributed by atoms with Crippen LogP contribution in [0.15, 0.2) is 66.7 Å². The second-order valence-electron chi connectivity index (χ2n) is 5.52. The molecular weight excluding hydrogens is 287 g/mol. The number of halogens is 1. The lowest BCUT2D eigenvalue weighted by atomic mass is 10.1. The zero-order chi connectivity index (χ0) is 17.4. The lowest BCUT2D eigenvalue weighted by molar-refractivity contribution is 0.514. The van der Waals surface area contributed by atoms with Crippen LogP contribution in [0, 0.1) is 12.7 Å². The van der Waals surface area contributed by atoms with Crippen LogP contribution >= 0.6 is 0 Å². The second-order valence-corrected chi connectivity index (χ2v) is 5.52. The van der Waals surface area contributed by atoms with Crippen LogP contribution in [0.1, 0.15) is 31.4 Å². The van der Waals surface area contributed by atoms with E-state index in [1.165, 1.54) is 6.07 Å². The molecule has 0 aliphatic heterocycles. The van der Waals surface area contributed by atoms with Gasteiger partial charge in [0.05, 0.1) is 11.4 Å². The molecule has 0 aliphatic carbocycles. The van der Waals surface area contributed by atoms with Gasteiger partial charge in [0.2, 0.25) is 0 Å². The molecule has 1 aromatic carbocycles. The number of hydrogen-bond acceptors (Lipinski definition) is 2. The van der Waals surface area contributed by atoms with E-state index < -0.39 is 0 Å². The molecular formula is C20H27FN2. The Balaban J connectivity index is 2.85. The van der Waals surface area contributed by atoms with Crippen LogP contribution < -0.4 is 5.32 Å². The minimum Gasteiger partial charge on any atom is -0.380 e. The summed E-state index contributed by atoms with van der Waals surface area (Å²) in [5.74, 6) is -0.178. The highest BCUT2D eigenvalue weighted by Gasteiger charge is 2.10. The summed E-state index contributed by atoms with van der Waals surface area (Å²) < 4.78 is 13.3. The van der Waals surface area contributed by atoms with Crippen LogP contribution in [-0.4, -0.2) is 11.9 Å². The van der Waals surface area contributed by atoms with Crippen molar-refractivity contribution in [1.82, 2.24) is 10.2 Å². The highest BCUT2D eigenvalue weighted by molar-refractivity contribution is 5.31. The Morgan fingerprint density at radius 2 is 2.09 bits per heavy atom. The lowest BCUT2D eigenvalue weighted by Crippen LogP contribution is -2.23. The number of allylic oxidation sites excluding steroid dienone is 4. The monoisotopic (exact) mass is 314 g/mol. The Hall–Kier alpha value is -2.29. The molecule has 0 saturated heterocycles. The molecule has 0 amide bonds. The number of hydrogen-bond donors (Lipinski definition) is 1. The van der Waals surface area contributed by atoms with Crippen LogP contribution in [0.25, 0.3) is 0 Å². The number of nitrogens with one attached hydrogen (secondary N) is 1. The van der Waals surface area contributed by atoms with Crippen LogP contribution in [0.3, 0.4) is 0 Å². The molecule has 0 unspecified atom stereocenters. The number of aryl methyl sites for hydroxylation is 1. The molecule has 0 aromatic heterocycles. The quantitative estimate of drug-likeness (QED) is 0.533. The maximum atomic E-state index is 13.3. The molecule has 0 atom stereocenters. The summed E-state index contributed by atoms with van der Waals surface area (Å²) >= 11 is 0. The largest absolute Gasteiger partial charge is 0.380 e. The highest BCUT2D eigenvalue weighted by Crippen LogP contribution is 2.17. The average Bonchev–Trinajstić information content (AvgIpc) is 2.55. The molecule has 0 fully saturated rings. The van der Waals surface area contributed by atoms with Crippen LogP contribution in [-0.2, 0) is 6.54 Å². The molecule has 23 heavy (non-hydrogen) atoms.